The maximum Gasteiger partial charge on any atom is 0.0780 e. The molecule has 0 unspecified atom stereocenters. The molecule has 0 bridgehead atoms. The lowest BCUT2D eigenvalue weighted by atomic mass is 9.59. The Bertz CT molecular complexity index is 2280. The zero-order chi connectivity index (χ0) is 32.3. The fraction of sp³-hybridized carbons (Fsp3) is 0.283. The first-order valence-corrected chi connectivity index (χ1v) is 17.5. The van der Waals surface area contributed by atoms with Crippen molar-refractivity contribution in [1.29, 1.82) is 0 Å². The summed E-state index contributed by atoms with van der Waals surface area (Å²) in [4.78, 5) is 5.01. The van der Waals surface area contributed by atoms with Crippen LogP contribution in [-0.2, 0) is 29.1 Å². The van der Waals surface area contributed by atoms with Gasteiger partial charge in [-0.05, 0) is 128 Å². The smallest absolute Gasteiger partial charge is 0.0780 e. The molecule has 0 fully saturated rings. The van der Waals surface area contributed by atoms with E-state index in [-0.39, 0.29) is 16.2 Å². The molecule has 232 valence electrons. The molecule has 0 atom stereocenters. The van der Waals surface area contributed by atoms with Gasteiger partial charge in [-0.25, -0.2) is 0 Å². The number of nitrogens with zero attached hydrogens (tertiary/aromatic N) is 1. The van der Waals surface area contributed by atoms with Gasteiger partial charge in [0.05, 0.1) is 5.69 Å². The summed E-state index contributed by atoms with van der Waals surface area (Å²) in [5, 5.41) is 2.59. The van der Waals surface area contributed by atoms with Crippen molar-refractivity contribution >= 4 is 10.8 Å². The predicted octanol–water partition coefficient (Wildman–Crippen LogP) is 11.7. The maximum atomic E-state index is 5.01. The number of pyridine rings is 1. The molecule has 0 amide bonds. The van der Waals surface area contributed by atoms with Crippen LogP contribution in [0.1, 0.15) is 98.9 Å². The highest BCUT2D eigenvalue weighted by Crippen LogP contribution is 2.53. The number of rotatable bonds is 2. The average molecular weight is 610 g/mol. The summed E-state index contributed by atoms with van der Waals surface area (Å²) in [6, 6.07) is 37.5. The van der Waals surface area contributed by atoms with Crippen molar-refractivity contribution in [3.05, 3.63) is 148 Å². The van der Waals surface area contributed by atoms with E-state index in [2.05, 4.69) is 139 Å². The van der Waals surface area contributed by atoms with Gasteiger partial charge in [-0.3, -0.25) is 4.98 Å². The molecule has 0 N–H and O–H groups in total. The minimum absolute atomic E-state index is 0.0122. The van der Waals surface area contributed by atoms with Gasteiger partial charge in [0.1, 0.15) is 0 Å². The zero-order valence-electron chi connectivity index (χ0n) is 28.6. The van der Waals surface area contributed by atoms with Crippen LogP contribution in [0.2, 0.25) is 0 Å². The average Bonchev–Trinajstić information content (AvgIpc) is 3.31. The third kappa shape index (κ3) is 4.05. The molecule has 0 spiro atoms. The number of aryl methyl sites for hydroxylation is 2. The molecule has 0 saturated heterocycles. The van der Waals surface area contributed by atoms with Crippen molar-refractivity contribution in [3.63, 3.8) is 0 Å². The summed E-state index contributed by atoms with van der Waals surface area (Å²) >= 11 is 0. The fourth-order valence-corrected chi connectivity index (χ4v) is 9.35. The van der Waals surface area contributed by atoms with Crippen LogP contribution in [0.5, 0.6) is 0 Å². The van der Waals surface area contributed by atoms with Crippen molar-refractivity contribution in [2.24, 2.45) is 0 Å². The first-order valence-electron chi connectivity index (χ1n) is 17.5. The van der Waals surface area contributed by atoms with E-state index in [0.717, 1.165) is 5.69 Å². The summed E-state index contributed by atoms with van der Waals surface area (Å²) in [5.41, 5.74) is 18.9. The lowest BCUT2D eigenvalue weighted by molar-refractivity contribution is 0.521. The topological polar surface area (TPSA) is 12.9 Å². The van der Waals surface area contributed by atoms with Gasteiger partial charge in [-0.1, -0.05) is 108 Å². The second-order valence-electron chi connectivity index (χ2n) is 15.9. The quantitative estimate of drug-likeness (QED) is 0.190. The number of hydrogen-bond acceptors (Lipinski definition) is 1. The van der Waals surface area contributed by atoms with E-state index in [9.17, 15) is 0 Å². The molecule has 0 saturated carbocycles. The normalized spacial score (nSPS) is 17.7. The van der Waals surface area contributed by atoms with Crippen LogP contribution in [0.15, 0.2) is 103 Å². The number of benzene rings is 5. The second kappa shape index (κ2) is 9.77. The molecule has 1 heterocycles. The van der Waals surface area contributed by atoms with E-state index in [1.165, 1.54) is 109 Å². The molecule has 5 aromatic carbocycles. The summed E-state index contributed by atoms with van der Waals surface area (Å²) in [6.07, 6.45) is 6.96. The molecule has 0 aliphatic heterocycles. The van der Waals surface area contributed by atoms with Crippen molar-refractivity contribution in [2.75, 3.05) is 0 Å². The Morgan fingerprint density at radius 2 is 1.02 bits per heavy atom. The molecular weight excluding hydrogens is 567 g/mol. The summed E-state index contributed by atoms with van der Waals surface area (Å²) in [7, 11) is 0. The monoisotopic (exact) mass is 609 g/mol. The predicted molar refractivity (Wildman–Crippen MR) is 198 cm³/mol. The number of fused-ring (bicyclic) bond motifs is 7. The second-order valence-corrected chi connectivity index (χ2v) is 15.9. The minimum atomic E-state index is -0.164. The third-order valence-electron chi connectivity index (χ3n) is 12.1. The minimum Gasteiger partial charge on any atom is -0.256 e. The van der Waals surface area contributed by atoms with Crippen LogP contribution in [-0.4, -0.2) is 4.98 Å². The first-order chi connectivity index (χ1) is 22.5. The Labute approximate surface area is 279 Å². The summed E-state index contributed by atoms with van der Waals surface area (Å²) in [5.74, 6) is 0. The van der Waals surface area contributed by atoms with Crippen molar-refractivity contribution < 1.29 is 0 Å². The highest BCUT2D eigenvalue weighted by Gasteiger charge is 2.42. The van der Waals surface area contributed by atoms with Gasteiger partial charge in [0.15, 0.2) is 0 Å². The van der Waals surface area contributed by atoms with Gasteiger partial charge >= 0.3 is 0 Å². The Kier molecular flexibility index (Phi) is 5.97. The highest BCUT2D eigenvalue weighted by molar-refractivity contribution is 5.96. The Morgan fingerprint density at radius 3 is 1.77 bits per heavy atom. The van der Waals surface area contributed by atoms with Gasteiger partial charge < -0.3 is 0 Å². The SMILES string of the molecule is CC1(C)c2ccccc2-c2ccc(-c3ccc4c(c3)C(C)(C)c3cc(-c5nccc6cc7c(cc56)CCCC7)ccc3C4(C)C)cc21. The standard InChI is InChI=1S/C46H43N/c1-44(2)37-14-10-9-13-34(37)35-18-15-30(25-40(35)44)31-16-19-38-41(26-31)46(5,6)42-27-33(17-20-39(42)45(38,3)4)43-36-24-29-12-8-7-11-28(29)23-32(36)21-22-47-43/h9-10,13-27H,7-8,11-12H2,1-6H3. The molecule has 0 radical (unpaired) electrons. The number of hydrogen-bond donors (Lipinski definition) is 0. The third-order valence-corrected chi connectivity index (χ3v) is 12.1. The Balaban J connectivity index is 1.16. The highest BCUT2D eigenvalue weighted by atomic mass is 14.7. The van der Waals surface area contributed by atoms with Crippen LogP contribution in [0.4, 0.5) is 0 Å². The van der Waals surface area contributed by atoms with Crippen LogP contribution in [0.25, 0.3) is 44.3 Å². The largest absolute Gasteiger partial charge is 0.256 e. The van der Waals surface area contributed by atoms with Crippen molar-refractivity contribution in [1.82, 2.24) is 4.98 Å². The zero-order valence-corrected chi connectivity index (χ0v) is 28.6. The lowest BCUT2D eigenvalue weighted by Crippen LogP contribution is -2.36. The van der Waals surface area contributed by atoms with E-state index < -0.39 is 0 Å². The van der Waals surface area contributed by atoms with Gasteiger partial charge in [0.2, 0.25) is 0 Å². The van der Waals surface area contributed by atoms with E-state index in [0.29, 0.717) is 0 Å². The fourth-order valence-electron chi connectivity index (χ4n) is 9.35. The van der Waals surface area contributed by atoms with Gasteiger partial charge in [-0.15, -0.1) is 0 Å². The van der Waals surface area contributed by atoms with Gasteiger partial charge in [0.25, 0.3) is 0 Å². The first kappa shape index (κ1) is 28.7. The maximum absolute atomic E-state index is 5.01. The Morgan fingerprint density at radius 1 is 0.468 bits per heavy atom. The summed E-state index contributed by atoms with van der Waals surface area (Å²) in [6.45, 7) is 14.4. The van der Waals surface area contributed by atoms with Crippen molar-refractivity contribution in [2.45, 2.75) is 83.5 Å². The summed E-state index contributed by atoms with van der Waals surface area (Å²) < 4.78 is 0. The number of aromatic nitrogens is 1. The van der Waals surface area contributed by atoms with E-state index in [1.807, 2.05) is 6.20 Å². The van der Waals surface area contributed by atoms with Crippen LogP contribution in [0, 0.1) is 0 Å². The molecule has 6 aromatic rings. The van der Waals surface area contributed by atoms with Gasteiger partial charge in [-0.2, -0.15) is 0 Å². The van der Waals surface area contributed by atoms with Crippen LogP contribution < -0.4 is 0 Å². The molecular formula is C46H43N. The van der Waals surface area contributed by atoms with E-state index >= 15 is 0 Å². The molecule has 1 nitrogen and oxygen atoms in total. The molecule has 9 rings (SSSR count). The lowest BCUT2D eigenvalue weighted by Gasteiger charge is -2.44. The van der Waals surface area contributed by atoms with Gasteiger partial charge in [0, 0.05) is 33.4 Å². The molecule has 1 aromatic heterocycles. The molecule has 47 heavy (non-hydrogen) atoms. The Hall–Kier alpha value is -4.49. The van der Waals surface area contributed by atoms with Crippen molar-refractivity contribution in [3.8, 4) is 33.5 Å². The van der Waals surface area contributed by atoms with E-state index in [1.54, 1.807) is 0 Å². The molecule has 3 aliphatic carbocycles. The molecule has 3 aliphatic rings. The van der Waals surface area contributed by atoms with Crippen LogP contribution in [0.3, 0.4) is 0 Å². The van der Waals surface area contributed by atoms with E-state index in [4.69, 9.17) is 4.98 Å². The van der Waals surface area contributed by atoms with Crippen LogP contribution >= 0.6 is 0 Å². The molecule has 1 heteroatoms.